The fourth-order valence-corrected chi connectivity index (χ4v) is 2.83. The molecular weight excluding hydrogens is 200 g/mol. The summed E-state index contributed by atoms with van der Waals surface area (Å²) < 4.78 is 2.38. The van der Waals surface area contributed by atoms with Crippen LogP contribution in [-0.4, -0.2) is 20.8 Å². The van der Waals surface area contributed by atoms with Crippen LogP contribution in [0.1, 0.15) is 62.1 Å². The minimum Gasteiger partial charge on any atom is -0.328 e. The molecule has 1 aromatic rings. The van der Waals surface area contributed by atoms with Crippen molar-refractivity contribution in [2.45, 2.75) is 63.5 Å². The van der Waals surface area contributed by atoms with E-state index in [2.05, 4.69) is 21.7 Å². The van der Waals surface area contributed by atoms with Gasteiger partial charge in [0.25, 0.3) is 0 Å². The first-order chi connectivity index (χ1) is 7.75. The minimum atomic E-state index is 0.412. The zero-order chi connectivity index (χ0) is 11.1. The van der Waals surface area contributed by atoms with Gasteiger partial charge in [0.15, 0.2) is 0 Å². The Kier molecular flexibility index (Phi) is 2.46. The number of aryl methyl sites for hydroxylation is 1. The average Bonchev–Trinajstić information content (AvgIpc) is 3.04. The Labute approximate surface area is 96.2 Å². The number of hydrogen-bond acceptors (Lipinski definition) is 3. The number of aromatic nitrogens is 3. The Morgan fingerprint density at radius 2 is 1.75 bits per heavy atom. The van der Waals surface area contributed by atoms with Gasteiger partial charge < -0.3 is 10.3 Å². The van der Waals surface area contributed by atoms with Crippen molar-refractivity contribution in [1.29, 1.82) is 0 Å². The third-order valence-corrected chi connectivity index (χ3v) is 3.94. The summed E-state index contributed by atoms with van der Waals surface area (Å²) in [5.74, 6) is 2.92. The maximum Gasteiger partial charge on any atom is 0.136 e. The summed E-state index contributed by atoms with van der Waals surface area (Å²) >= 11 is 0. The van der Waals surface area contributed by atoms with Crippen LogP contribution in [0.3, 0.4) is 0 Å². The lowest BCUT2D eigenvalue weighted by atomic mass is 9.86. The molecule has 1 heterocycles. The second kappa shape index (κ2) is 3.84. The summed E-state index contributed by atoms with van der Waals surface area (Å²) in [6, 6.07) is 1.11. The maximum atomic E-state index is 5.95. The molecule has 2 saturated carbocycles. The molecule has 0 amide bonds. The van der Waals surface area contributed by atoms with E-state index < -0.39 is 0 Å². The van der Waals surface area contributed by atoms with Gasteiger partial charge in [0.05, 0.1) is 0 Å². The molecule has 0 spiro atoms. The standard InChI is InChI=1S/C12H20N4/c1-8-14-15-12(16(8)11-6-7-11)9-2-4-10(13)5-3-9/h9-11H,2-7,13H2,1H3. The second-order valence-electron chi connectivity index (χ2n) is 5.32. The van der Waals surface area contributed by atoms with Gasteiger partial charge in [0, 0.05) is 18.0 Å². The third-order valence-electron chi connectivity index (χ3n) is 3.94. The maximum absolute atomic E-state index is 5.95. The Balaban J connectivity index is 1.83. The highest BCUT2D eigenvalue weighted by Crippen LogP contribution is 2.40. The van der Waals surface area contributed by atoms with Crippen LogP contribution in [0, 0.1) is 6.92 Å². The van der Waals surface area contributed by atoms with Crippen molar-refractivity contribution in [3.8, 4) is 0 Å². The summed E-state index contributed by atoms with van der Waals surface area (Å²) in [7, 11) is 0. The molecule has 3 rings (SSSR count). The van der Waals surface area contributed by atoms with Crippen molar-refractivity contribution in [2.24, 2.45) is 5.73 Å². The summed E-state index contributed by atoms with van der Waals surface area (Å²) in [6.45, 7) is 2.07. The predicted octanol–water partition coefficient (Wildman–Crippen LogP) is 1.91. The summed E-state index contributed by atoms with van der Waals surface area (Å²) in [4.78, 5) is 0. The van der Waals surface area contributed by atoms with Crippen molar-refractivity contribution in [1.82, 2.24) is 14.8 Å². The van der Waals surface area contributed by atoms with Crippen LogP contribution in [0.4, 0.5) is 0 Å². The monoisotopic (exact) mass is 220 g/mol. The zero-order valence-corrected chi connectivity index (χ0v) is 9.89. The first kappa shape index (κ1) is 10.3. The molecule has 2 aliphatic rings. The molecule has 0 aromatic carbocycles. The van der Waals surface area contributed by atoms with Gasteiger partial charge in [-0.1, -0.05) is 0 Å². The van der Waals surface area contributed by atoms with Gasteiger partial charge in [-0.2, -0.15) is 0 Å². The molecule has 0 atom stereocenters. The molecule has 1 aromatic heterocycles. The lowest BCUT2D eigenvalue weighted by molar-refractivity contribution is 0.375. The van der Waals surface area contributed by atoms with Gasteiger partial charge in [-0.15, -0.1) is 10.2 Å². The van der Waals surface area contributed by atoms with E-state index in [0.29, 0.717) is 18.0 Å². The van der Waals surface area contributed by atoms with Gasteiger partial charge >= 0.3 is 0 Å². The van der Waals surface area contributed by atoms with E-state index in [1.165, 1.54) is 31.5 Å². The summed E-state index contributed by atoms with van der Waals surface area (Å²) in [5.41, 5.74) is 5.95. The van der Waals surface area contributed by atoms with E-state index in [0.717, 1.165) is 18.7 Å². The molecule has 0 saturated heterocycles. The molecular formula is C12H20N4. The normalized spacial score (nSPS) is 30.6. The smallest absolute Gasteiger partial charge is 0.136 e. The average molecular weight is 220 g/mol. The topological polar surface area (TPSA) is 56.7 Å². The minimum absolute atomic E-state index is 0.412. The molecule has 2 fully saturated rings. The summed E-state index contributed by atoms with van der Waals surface area (Å²) in [6.07, 6.45) is 7.26. The number of hydrogen-bond donors (Lipinski definition) is 1. The molecule has 88 valence electrons. The quantitative estimate of drug-likeness (QED) is 0.828. The van der Waals surface area contributed by atoms with Gasteiger partial charge in [-0.25, -0.2) is 0 Å². The fourth-order valence-electron chi connectivity index (χ4n) is 2.83. The fraction of sp³-hybridized carbons (Fsp3) is 0.833. The lowest BCUT2D eigenvalue weighted by Crippen LogP contribution is -2.26. The second-order valence-corrected chi connectivity index (χ2v) is 5.32. The number of nitrogens with zero attached hydrogens (tertiary/aromatic N) is 3. The SMILES string of the molecule is Cc1nnc(C2CCC(N)CC2)n1C1CC1. The highest BCUT2D eigenvalue weighted by molar-refractivity contribution is 5.07. The van der Waals surface area contributed by atoms with Crippen LogP contribution in [0.15, 0.2) is 0 Å². The molecule has 2 aliphatic carbocycles. The Morgan fingerprint density at radius 1 is 1.06 bits per heavy atom. The molecule has 0 unspecified atom stereocenters. The first-order valence-corrected chi connectivity index (χ1v) is 6.42. The number of nitrogens with two attached hydrogens (primary N) is 1. The largest absolute Gasteiger partial charge is 0.328 e. The van der Waals surface area contributed by atoms with E-state index in [-0.39, 0.29) is 0 Å². The highest BCUT2D eigenvalue weighted by atomic mass is 15.3. The van der Waals surface area contributed by atoms with Crippen molar-refractivity contribution < 1.29 is 0 Å². The Bertz CT molecular complexity index is 372. The van der Waals surface area contributed by atoms with Crippen LogP contribution in [0.5, 0.6) is 0 Å². The van der Waals surface area contributed by atoms with E-state index in [4.69, 9.17) is 5.73 Å². The van der Waals surface area contributed by atoms with Gasteiger partial charge in [-0.3, -0.25) is 0 Å². The molecule has 0 aliphatic heterocycles. The van der Waals surface area contributed by atoms with Gasteiger partial charge in [-0.05, 0) is 45.4 Å². The molecule has 16 heavy (non-hydrogen) atoms. The molecule has 4 heteroatoms. The summed E-state index contributed by atoms with van der Waals surface area (Å²) in [5, 5.41) is 8.65. The Hall–Kier alpha value is -0.900. The third kappa shape index (κ3) is 1.75. The van der Waals surface area contributed by atoms with E-state index in [9.17, 15) is 0 Å². The van der Waals surface area contributed by atoms with Crippen molar-refractivity contribution in [3.63, 3.8) is 0 Å². The zero-order valence-electron chi connectivity index (χ0n) is 9.89. The van der Waals surface area contributed by atoms with Crippen LogP contribution in [0.2, 0.25) is 0 Å². The molecule has 2 N–H and O–H groups in total. The molecule has 4 nitrogen and oxygen atoms in total. The van der Waals surface area contributed by atoms with Gasteiger partial charge in [0.1, 0.15) is 11.6 Å². The van der Waals surface area contributed by atoms with Crippen molar-refractivity contribution in [3.05, 3.63) is 11.6 Å². The van der Waals surface area contributed by atoms with Crippen LogP contribution >= 0.6 is 0 Å². The lowest BCUT2D eigenvalue weighted by Gasteiger charge is -2.25. The van der Waals surface area contributed by atoms with Crippen LogP contribution < -0.4 is 5.73 Å². The Morgan fingerprint density at radius 3 is 2.38 bits per heavy atom. The molecule has 0 radical (unpaired) electrons. The van der Waals surface area contributed by atoms with Crippen molar-refractivity contribution >= 4 is 0 Å². The van der Waals surface area contributed by atoms with Crippen molar-refractivity contribution in [2.75, 3.05) is 0 Å². The van der Waals surface area contributed by atoms with Crippen LogP contribution in [-0.2, 0) is 0 Å². The van der Waals surface area contributed by atoms with E-state index in [1.807, 2.05) is 0 Å². The van der Waals surface area contributed by atoms with Gasteiger partial charge in [0.2, 0.25) is 0 Å². The van der Waals surface area contributed by atoms with E-state index in [1.54, 1.807) is 0 Å². The molecule has 0 bridgehead atoms. The predicted molar refractivity (Wildman–Crippen MR) is 62.2 cm³/mol. The van der Waals surface area contributed by atoms with Crippen LogP contribution in [0.25, 0.3) is 0 Å². The van der Waals surface area contributed by atoms with E-state index >= 15 is 0 Å². The number of rotatable bonds is 2. The first-order valence-electron chi connectivity index (χ1n) is 6.42. The highest BCUT2D eigenvalue weighted by Gasteiger charge is 2.32.